The Morgan fingerprint density at radius 2 is 1.82 bits per heavy atom. The quantitative estimate of drug-likeness (QED) is 0.219. The first-order valence-electron chi connectivity index (χ1n) is 12.0. The number of aromatic amines is 1. The van der Waals surface area contributed by atoms with Crippen molar-refractivity contribution in [1.82, 2.24) is 20.6 Å². The predicted molar refractivity (Wildman–Crippen MR) is 146 cm³/mol. The first kappa shape index (κ1) is 23.8. The average molecular weight is 519 g/mol. The maximum absolute atomic E-state index is 13.5. The number of hydrazone groups is 2. The number of nitrogens with one attached hydrogen (secondary N) is 2. The Morgan fingerprint density at radius 3 is 2.59 bits per heavy atom. The number of anilines is 2. The van der Waals surface area contributed by atoms with Crippen LogP contribution in [-0.2, 0) is 4.79 Å². The van der Waals surface area contributed by atoms with E-state index in [1.165, 1.54) is 11.3 Å². The van der Waals surface area contributed by atoms with Crippen molar-refractivity contribution in [3.8, 4) is 28.3 Å². The minimum Gasteiger partial charge on any atom is -0.505 e. The molecule has 3 N–H and O–H groups in total. The van der Waals surface area contributed by atoms with Gasteiger partial charge in [-0.3, -0.25) is 10.2 Å². The van der Waals surface area contributed by atoms with Crippen LogP contribution in [-0.4, -0.2) is 43.1 Å². The van der Waals surface area contributed by atoms with Gasteiger partial charge in [-0.1, -0.05) is 36.4 Å². The Labute approximate surface area is 222 Å². The molecule has 0 aliphatic carbocycles. The fraction of sp³-hybridized carbons (Fsp3) is 0.0714. The molecule has 3 heterocycles. The summed E-state index contributed by atoms with van der Waals surface area (Å²) in [5.74, 6) is 0.436. The van der Waals surface area contributed by atoms with Crippen molar-refractivity contribution in [3.05, 3.63) is 95.9 Å². The fourth-order valence-corrected chi connectivity index (χ4v) is 4.21. The number of aromatic nitrogens is 4. The third-order valence-corrected chi connectivity index (χ3v) is 6.43. The molecular formula is C28H22N8O3. The number of hydrogen-bond acceptors (Lipinski definition) is 9. The minimum absolute atomic E-state index is 0.0392. The van der Waals surface area contributed by atoms with Crippen LogP contribution in [0.3, 0.4) is 0 Å². The van der Waals surface area contributed by atoms with Crippen molar-refractivity contribution < 1.29 is 14.3 Å². The van der Waals surface area contributed by atoms with Gasteiger partial charge >= 0.3 is 5.91 Å². The molecule has 2 aromatic heterocycles. The molecule has 0 unspecified atom stereocenters. The molecule has 0 bridgehead atoms. The van der Waals surface area contributed by atoms with Gasteiger partial charge in [0.15, 0.2) is 23.0 Å². The number of tetrazole rings is 1. The summed E-state index contributed by atoms with van der Waals surface area (Å²) in [4.78, 5) is 13.5. The molecule has 0 fully saturated rings. The number of phenols is 1. The van der Waals surface area contributed by atoms with E-state index in [1.54, 1.807) is 30.3 Å². The molecule has 0 atom stereocenters. The van der Waals surface area contributed by atoms with Gasteiger partial charge in [-0.25, -0.2) is 5.10 Å². The first-order valence-corrected chi connectivity index (χ1v) is 12.0. The van der Waals surface area contributed by atoms with E-state index in [9.17, 15) is 9.90 Å². The van der Waals surface area contributed by atoms with Crippen LogP contribution in [0.15, 0.2) is 93.7 Å². The molecule has 11 nitrogen and oxygen atoms in total. The molecule has 0 saturated heterocycles. The highest BCUT2D eigenvalue weighted by Crippen LogP contribution is 2.36. The second-order valence-electron chi connectivity index (χ2n) is 8.92. The lowest BCUT2D eigenvalue weighted by Gasteiger charge is -2.13. The Hall–Kier alpha value is -5.58. The van der Waals surface area contributed by atoms with Gasteiger partial charge in [0.25, 0.3) is 0 Å². The second-order valence-corrected chi connectivity index (χ2v) is 8.92. The Balaban J connectivity index is 1.34. The van der Waals surface area contributed by atoms with Crippen molar-refractivity contribution in [2.45, 2.75) is 13.8 Å². The largest absolute Gasteiger partial charge is 0.505 e. The number of para-hydroxylation sites is 1. The number of nitrogens with zero attached hydrogens (tertiary/aromatic N) is 6. The van der Waals surface area contributed by atoms with Gasteiger partial charge in [-0.05, 0) is 77.4 Å². The van der Waals surface area contributed by atoms with E-state index in [0.717, 1.165) is 22.3 Å². The number of amides is 1. The second kappa shape index (κ2) is 9.71. The molecular weight excluding hydrogens is 496 g/mol. The zero-order valence-electron chi connectivity index (χ0n) is 21.0. The predicted octanol–water partition coefficient (Wildman–Crippen LogP) is 4.67. The summed E-state index contributed by atoms with van der Waals surface area (Å²) in [5, 5.41) is 35.2. The smallest absolute Gasteiger partial charge is 0.301 e. The number of rotatable bonds is 6. The zero-order chi connectivity index (χ0) is 26.9. The molecule has 0 saturated carbocycles. The van der Waals surface area contributed by atoms with Crippen LogP contribution in [0, 0.1) is 13.8 Å². The molecule has 39 heavy (non-hydrogen) atoms. The fourth-order valence-electron chi connectivity index (χ4n) is 4.21. The van der Waals surface area contributed by atoms with Gasteiger partial charge in [0.2, 0.25) is 0 Å². The maximum Gasteiger partial charge on any atom is 0.301 e. The number of hydrogen-bond donors (Lipinski definition) is 3. The minimum atomic E-state index is -0.429. The number of benzene rings is 3. The zero-order valence-corrected chi connectivity index (χ0v) is 21.0. The van der Waals surface area contributed by atoms with Gasteiger partial charge in [-0.15, -0.1) is 5.10 Å². The number of aryl methyl sites for hydroxylation is 2. The van der Waals surface area contributed by atoms with Gasteiger partial charge in [0.05, 0.1) is 17.6 Å². The summed E-state index contributed by atoms with van der Waals surface area (Å²) in [7, 11) is 0. The van der Waals surface area contributed by atoms with Crippen molar-refractivity contribution in [1.29, 1.82) is 0 Å². The molecule has 1 aliphatic rings. The van der Waals surface area contributed by atoms with Gasteiger partial charge in [0, 0.05) is 11.1 Å². The van der Waals surface area contributed by atoms with Gasteiger partial charge < -0.3 is 9.52 Å². The lowest BCUT2D eigenvalue weighted by molar-refractivity contribution is -0.112. The van der Waals surface area contributed by atoms with Crippen molar-refractivity contribution in [2.75, 3.05) is 10.4 Å². The van der Waals surface area contributed by atoms with Crippen molar-refractivity contribution >= 4 is 28.7 Å². The highest BCUT2D eigenvalue weighted by atomic mass is 16.3. The number of phenolic OH excluding ortho intramolecular Hbond substituents is 1. The molecule has 5 aromatic rings. The molecule has 3 aromatic carbocycles. The highest BCUT2D eigenvalue weighted by molar-refractivity contribution is 6.74. The van der Waals surface area contributed by atoms with Crippen LogP contribution >= 0.6 is 0 Å². The van der Waals surface area contributed by atoms with Crippen LogP contribution in [0.25, 0.3) is 22.5 Å². The summed E-state index contributed by atoms with van der Waals surface area (Å²) in [5.41, 5.74) is 8.30. The lowest BCUT2D eigenvalue weighted by Crippen LogP contribution is -2.28. The van der Waals surface area contributed by atoms with E-state index < -0.39 is 5.91 Å². The molecule has 6 rings (SSSR count). The molecule has 1 amide bonds. The maximum atomic E-state index is 13.5. The molecule has 0 radical (unpaired) electrons. The number of furan rings is 1. The normalized spacial score (nSPS) is 14.2. The third kappa shape index (κ3) is 4.42. The van der Waals surface area contributed by atoms with Crippen molar-refractivity contribution in [2.24, 2.45) is 10.2 Å². The summed E-state index contributed by atoms with van der Waals surface area (Å²) in [6.07, 6.45) is 1.50. The molecule has 0 spiro atoms. The van der Waals surface area contributed by atoms with E-state index in [0.29, 0.717) is 28.5 Å². The monoisotopic (exact) mass is 518 g/mol. The van der Waals surface area contributed by atoms with E-state index in [4.69, 9.17) is 4.42 Å². The van der Waals surface area contributed by atoms with Gasteiger partial charge in [-0.2, -0.15) is 15.2 Å². The number of H-pyrrole nitrogens is 1. The topological polar surface area (TPSA) is 145 Å². The first-order chi connectivity index (χ1) is 19.0. The standard InChI is InChI=1S/C28H22N8O3/c1-16-11-12-20(14-17(16)2)36-28(38)25(24(33-36)23-10-5-13-39-23)30-29-22-9-4-8-21(26(22)37)18-6-3-7-19(15-18)27-31-34-35-32-27/h3-15,29,37H,1-2H3,(H,31,32,34,35). The number of carbonyl (C=O) groups is 1. The summed E-state index contributed by atoms with van der Waals surface area (Å²) < 4.78 is 5.53. The molecule has 192 valence electrons. The van der Waals surface area contributed by atoms with E-state index in [-0.39, 0.29) is 17.2 Å². The van der Waals surface area contributed by atoms with Gasteiger partial charge in [0.1, 0.15) is 5.75 Å². The average Bonchev–Trinajstić information content (AvgIpc) is 3.72. The SMILES string of the molecule is Cc1ccc(N2N=C(c3ccco3)C(=NNc3cccc(-c4cccc(-c5nnn[nH]5)c4)c3O)C2=O)cc1C. The summed E-state index contributed by atoms with van der Waals surface area (Å²) >= 11 is 0. The molecule has 11 heteroatoms. The third-order valence-electron chi connectivity index (χ3n) is 6.43. The van der Waals surface area contributed by atoms with Crippen LogP contribution in [0.1, 0.15) is 16.9 Å². The number of carbonyl (C=O) groups excluding carboxylic acids is 1. The Kier molecular flexibility index (Phi) is 5.92. The summed E-state index contributed by atoms with van der Waals surface area (Å²) in [6, 6.07) is 21.7. The Bertz CT molecular complexity index is 1740. The van der Waals surface area contributed by atoms with E-state index in [2.05, 4.69) is 36.3 Å². The highest BCUT2D eigenvalue weighted by Gasteiger charge is 2.35. The molecule has 1 aliphatic heterocycles. The van der Waals surface area contributed by atoms with Crippen molar-refractivity contribution in [3.63, 3.8) is 0 Å². The van der Waals surface area contributed by atoms with Crippen LogP contribution in [0.5, 0.6) is 5.75 Å². The van der Waals surface area contributed by atoms with Crippen LogP contribution in [0.2, 0.25) is 0 Å². The van der Waals surface area contributed by atoms with E-state index >= 15 is 0 Å². The Morgan fingerprint density at radius 1 is 0.974 bits per heavy atom. The van der Waals surface area contributed by atoms with Crippen LogP contribution < -0.4 is 10.4 Å². The van der Waals surface area contributed by atoms with E-state index in [1.807, 2.05) is 56.3 Å². The van der Waals surface area contributed by atoms with Crippen LogP contribution in [0.4, 0.5) is 11.4 Å². The summed E-state index contributed by atoms with van der Waals surface area (Å²) in [6.45, 7) is 3.97. The lowest BCUT2D eigenvalue weighted by atomic mass is 10.0. The number of aromatic hydroxyl groups is 1.